The first-order valence-electron chi connectivity index (χ1n) is 7.22. The maximum absolute atomic E-state index is 5.61. The van der Waals surface area contributed by atoms with Gasteiger partial charge < -0.3 is 10.5 Å². The quantitative estimate of drug-likeness (QED) is 0.737. The van der Waals surface area contributed by atoms with Crippen molar-refractivity contribution in [1.82, 2.24) is 14.7 Å². The van der Waals surface area contributed by atoms with Crippen molar-refractivity contribution in [3.05, 3.63) is 12.3 Å². The molecule has 5 nitrogen and oxygen atoms in total. The number of hydrogen-bond donors (Lipinski definition) is 1. The lowest BCUT2D eigenvalue weighted by Gasteiger charge is -2.29. The Morgan fingerprint density at radius 2 is 2.32 bits per heavy atom. The molecule has 0 aliphatic heterocycles. The molecule has 0 bridgehead atoms. The largest absolute Gasteiger partial charge is 0.383 e. The topological polar surface area (TPSA) is 56.3 Å². The van der Waals surface area contributed by atoms with Gasteiger partial charge in [0.25, 0.3) is 0 Å². The molecule has 1 fully saturated rings. The molecular weight excluding hydrogens is 240 g/mol. The molecule has 1 aliphatic carbocycles. The summed E-state index contributed by atoms with van der Waals surface area (Å²) < 4.78 is 7.14. The summed E-state index contributed by atoms with van der Waals surface area (Å²) in [6.07, 6.45) is 5.82. The van der Waals surface area contributed by atoms with Gasteiger partial charge >= 0.3 is 0 Å². The first-order chi connectivity index (χ1) is 9.20. The number of ether oxygens (including phenoxy) is 1. The van der Waals surface area contributed by atoms with E-state index in [0.29, 0.717) is 11.9 Å². The highest BCUT2D eigenvalue weighted by atomic mass is 16.5. The lowest BCUT2D eigenvalue weighted by molar-refractivity contribution is 0.114. The molecule has 1 aromatic heterocycles. The molecular formula is C14H26N4O. The molecule has 0 amide bonds. The van der Waals surface area contributed by atoms with Crippen LogP contribution in [0.3, 0.4) is 0 Å². The van der Waals surface area contributed by atoms with Crippen LogP contribution in [0.1, 0.15) is 26.2 Å². The van der Waals surface area contributed by atoms with Gasteiger partial charge in [-0.05, 0) is 38.2 Å². The van der Waals surface area contributed by atoms with Crippen LogP contribution in [0.4, 0.5) is 5.82 Å². The first-order valence-corrected chi connectivity index (χ1v) is 7.22. The van der Waals surface area contributed by atoms with Crippen LogP contribution in [0.2, 0.25) is 0 Å². The number of aromatic nitrogens is 2. The average Bonchev–Trinajstić information content (AvgIpc) is 3.17. The van der Waals surface area contributed by atoms with Gasteiger partial charge in [0.05, 0.1) is 6.61 Å². The van der Waals surface area contributed by atoms with Crippen LogP contribution < -0.4 is 5.73 Å². The summed E-state index contributed by atoms with van der Waals surface area (Å²) in [6, 6.07) is 2.52. The molecule has 0 radical (unpaired) electrons. The van der Waals surface area contributed by atoms with E-state index in [2.05, 4.69) is 16.9 Å². The zero-order valence-corrected chi connectivity index (χ0v) is 12.1. The molecule has 1 unspecified atom stereocenters. The fourth-order valence-electron chi connectivity index (χ4n) is 2.54. The minimum Gasteiger partial charge on any atom is -0.383 e. The number of nitrogens with zero attached hydrogens (tertiary/aromatic N) is 3. The summed E-state index contributed by atoms with van der Waals surface area (Å²) in [6.45, 7) is 6.21. The molecule has 0 aromatic carbocycles. The predicted octanol–water partition coefficient (Wildman–Crippen LogP) is 1.60. The molecule has 2 N–H and O–H groups in total. The molecule has 1 aromatic rings. The first kappa shape index (κ1) is 14.3. The minimum absolute atomic E-state index is 0.600. The molecule has 108 valence electrons. The van der Waals surface area contributed by atoms with Crippen LogP contribution in [0, 0.1) is 5.92 Å². The van der Waals surface area contributed by atoms with Crippen molar-refractivity contribution in [2.45, 2.75) is 38.8 Å². The number of nitrogens with two attached hydrogens (primary N) is 1. The van der Waals surface area contributed by atoms with E-state index in [-0.39, 0.29) is 0 Å². The molecule has 0 saturated heterocycles. The van der Waals surface area contributed by atoms with Gasteiger partial charge in [0.1, 0.15) is 5.82 Å². The Bertz CT molecular complexity index is 375. The van der Waals surface area contributed by atoms with Crippen molar-refractivity contribution in [2.75, 3.05) is 32.5 Å². The molecule has 1 heterocycles. The van der Waals surface area contributed by atoms with Crippen molar-refractivity contribution in [2.24, 2.45) is 5.92 Å². The van der Waals surface area contributed by atoms with Crippen molar-refractivity contribution < 1.29 is 4.74 Å². The van der Waals surface area contributed by atoms with Crippen molar-refractivity contribution in [3.63, 3.8) is 0 Å². The molecule has 0 spiro atoms. The monoisotopic (exact) mass is 266 g/mol. The molecule has 1 aliphatic rings. The summed E-state index contributed by atoms with van der Waals surface area (Å²) in [7, 11) is 1.77. The van der Waals surface area contributed by atoms with Crippen molar-refractivity contribution in [3.8, 4) is 0 Å². The molecule has 1 atom stereocenters. The Hall–Kier alpha value is -1.07. The standard InChI is InChI=1S/C14H26N4O/c1-12(13-4-5-13)17(10-11-19-2)7-3-8-18-9-6-14(15)16-18/h6,9,12-13H,3-5,7-8,10-11H2,1-2H3,(H2,15,16). The van der Waals surface area contributed by atoms with Crippen LogP contribution in [-0.4, -0.2) is 47.5 Å². The molecule has 5 heteroatoms. The van der Waals surface area contributed by atoms with E-state index in [9.17, 15) is 0 Å². The SMILES string of the molecule is COCCN(CCCn1ccc(N)n1)C(C)C1CC1. The third-order valence-electron chi connectivity index (χ3n) is 3.96. The van der Waals surface area contributed by atoms with Gasteiger partial charge in [0, 0.05) is 39.0 Å². The zero-order valence-electron chi connectivity index (χ0n) is 12.1. The maximum atomic E-state index is 5.61. The third kappa shape index (κ3) is 4.51. The summed E-state index contributed by atoms with van der Waals surface area (Å²) in [5, 5.41) is 4.21. The second-order valence-corrected chi connectivity index (χ2v) is 5.46. The van der Waals surface area contributed by atoms with E-state index in [0.717, 1.165) is 38.6 Å². The lowest BCUT2D eigenvalue weighted by atomic mass is 10.1. The zero-order chi connectivity index (χ0) is 13.7. The van der Waals surface area contributed by atoms with Crippen LogP contribution >= 0.6 is 0 Å². The third-order valence-corrected chi connectivity index (χ3v) is 3.96. The summed E-state index contributed by atoms with van der Waals surface area (Å²) >= 11 is 0. The molecule has 1 saturated carbocycles. The van der Waals surface area contributed by atoms with E-state index < -0.39 is 0 Å². The lowest BCUT2D eigenvalue weighted by Crippen LogP contribution is -2.38. The van der Waals surface area contributed by atoms with Gasteiger partial charge in [-0.2, -0.15) is 5.10 Å². The Kier molecular flexibility index (Phi) is 5.22. The van der Waals surface area contributed by atoms with Crippen molar-refractivity contribution in [1.29, 1.82) is 0 Å². The maximum Gasteiger partial charge on any atom is 0.145 e. The number of methoxy groups -OCH3 is 1. The van der Waals surface area contributed by atoms with Crippen LogP contribution in [-0.2, 0) is 11.3 Å². The number of nitrogen functional groups attached to an aromatic ring is 1. The number of aryl methyl sites for hydroxylation is 1. The predicted molar refractivity (Wildman–Crippen MR) is 76.9 cm³/mol. The fraction of sp³-hybridized carbons (Fsp3) is 0.786. The molecule has 19 heavy (non-hydrogen) atoms. The highest BCUT2D eigenvalue weighted by Crippen LogP contribution is 2.35. The second-order valence-electron chi connectivity index (χ2n) is 5.46. The fourth-order valence-corrected chi connectivity index (χ4v) is 2.54. The number of rotatable bonds is 9. The van der Waals surface area contributed by atoms with Gasteiger partial charge in [-0.15, -0.1) is 0 Å². The van der Waals surface area contributed by atoms with E-state index in [1.54, 1.807) is 7.11 Å². The van der Waals surface area contributed by atoms with Crippen molar-refractivity contribution >= 4 is 5.82 Å². The summed E-state index contributed by atoms with van der Waals surface area (Å²) in [4.78, 5) is 2.55. The van der Waals surface area contributed by atoms with Crippen LogP contribution in [0.15, 0.2) is 12.3 Å². The summed E-state index contributed by atoms with van der Waals surface area (Å²) in [5.74, 6) is 1.50. The van der Waals surface area contributed by atoms with E-state index >= 15 is 0 Å². The van der Waals surface area contributed by atoms with Gasteiger partial charge in [-0.1, -0.05) is 0 Å². The van der Waals surface area contributed by atoms with Crippen LogP contribution in [0.5, 0.6) is 0 Å². The smallest absolute Gasteiger partial charge is 0.145 e. The Labute approximate surface area is 115 Å². The number of anilines is 1. The Morgan fingerprint density at radius 3 is 2.89 bits per heavy atom. The summed E-state index contributed by atoms with van der Waals surface area (Å²) in [5.41, 5.74) is 5.61. The minimum atomic E-state index is 0.600. The second kappa shape index (κ2) is 6.91. The number of hydrogen-bond acceptors (Lipinski definition) is 4. The van der Waals surface area contributed by atoms with Gasteiger partial charge in [0.15, 0.2) is 0 Å². The van der Waals surface area contributed by atoms with Gasteiger partial charge in [0.2, 0.25) is 0 Å². The average molecular weight is 266 g/mol. The highest BCUT2D eigenvalue weighted by molar-refractivity contribution is 5.23. The Morgan fingerprint density at radius 1 is 1.53 bits per heavy atom. The molecule has 2 rings (SSSR count). The van der Waals surface area contributed by atoms with Gasteiger partial charge in [-0.3, -0.25) is 9.58 Å². The normalized spacial score (nSPS) is 17.0. The highest BCUT2D eigenvalue weighted by Gasteiger charge is 2.31. The Balaban J connectivity index is 1.75. The van der Waals surface area contributed by atoms with Crippen LogP contribution in [0.25, 0.3) is 0 Å². The van der Waals surface area contributed by atoms with E-state index in [4.69, 9.17) is 10.5 Å². The van der Waals surface area contributed by atoms with Gasteiger partial charge in [-0.25, -0.2) is 0 Å². The van der Waals surface area contributed by atoms with E-state index in [1.165, 1.54) is 12.8 Å². The van der Waals surface area contributed by atoms with E-state index in [1.807, 2.05) is 16.9 Å².